The first kappa shape index (κ1) is 12.8. The van der Waals surface area contributed by atoms with E-state index >= 15 is 0 Å². The minimum absolute atomic E-state index is 0.157. The summed E-state index contributed by atoms with van der Waals surface area (Å²) < 4.78 is 26.3. The maximum absolute atomic E-state index is 12.4. The van der Waals surface area contributed by atoms with Gasteiger partial charge >= 0.3 is 0 Å². The van der Waals surface area contributed by atoms with Crippen LogP contribution in [0.5, 0.6) is 0 Å². The minimum Gasteiger partial charge on any atom is -0.236 e. The van der Waals surface area contributed by atoms with Crippen LogP contribution in [0.4, 0.5) is 0 Å². The van der Waals surface area contributed by atoms with Crippen molar-refractivity contribution in [1.82, 2.24) is 9.29 Å². The number of aromatic nitrogens is 1. The van der Waals surface area contributed by atoms with Gasteiger partial charge in [-0.05, 0) is 43.2 Å². The number of rotatable bonds is 3. The number of nitrogens with zero attached hydrogens (tertiary/aromatic N) is 2. The quantitative estimate of drug-likeness (QED) is 0.818. The highest BCUT2D eigenvalue weighted by Crippen LogP contribution is 2.31. The molecule has 2 aromatic rings. The monoisotopic (exact) mass is 296 g/mol. The molecular weight excluding hydrogens is 284 g/mol. The third kappa shape index (κ3) is 2.33. The summed E-state index contributed by atoms with van der Waals surface area (Å²) in [5, 5.41) is 1.17. The van der Waals surface area contributed by atoms with Crippen molar-refractivity contribution < 1.29 is 8.42 Å². The predicted molar refractivity (Wildman–Crippen MR) is 74.7 cm³/mol. The topological polar surface area (TPSA) is 50.3 Å². The molecule has 1 heterocycles. The molecule has 1 aliphatic rings. The third-order valence-corrected chi connectivity index (χ3v) is 5.48. The second-order valence-corrected chi connectivity index (χ2v) is 7.13. The highest BCUT2D eigenvalue weighted by atomic mass is 35.5. The van der Waals surface area contributed by atoms with E-state index in [-0.39, 0.29) is 6.04 Å². The fraction of sp³-hybridized carbons (Fsp3) is 0.308. The molecule has 1 aliphatic carbocycles. The largest absolute Gasteiger partial charge is 0.243 e. The Kier molecular flexibility index (Phi) is 3.00. The average Bonchev–Trinajstić information content (AvgIpc) is 3.21. The van der Waals surface area contributed by atoms with E-state index in [0.717, 1.165) is 18.2 Å². The molecule has 0 unspecified atom stereocenters. The Balaban J connectivity index is 2.07. The van der Waals surface area contributed by atoms with Gasteiger partial charge in [0.2, 0.25) is 10.0 Å². The summed E-state index contributed by atoms with van der Waals surface area (Å²) >= 11 is 5.81. The summed E-state index contributed by atoms with van der Waals surface area (Å²) in [4.78, 5) is 4.45. The molecule has 19 heavy (non-hydrogen) atoms. The third-order valence-electron chi connectivity index (χ3n) is 3.36. The van der Waals surface area contributed by atoms with Crippen molar-refractivity contribution in [3.05, 3.63) is 35.5 Å². The molecule has 0 amide bonds. The highest BCUT2D eigenvalue weighted by Gasteiger charge is 2.35. The van der Waals surface area contributed by atoms with Gasteiger partial charge in [-0.2, -0.15) is 4.31 Å². The standard InChI is InChI=1S/C13H13ClN2O2S/c1-16(10-3-4-10)19(17,18)11-5-6-12-9(8-11)2-7-13(14)15-12/h2,5-8,10H,3-4H2,1H3. The van der Waals surface area contributed by atoms with Crippen LogP contribution in [0.2, 0.25) is 5.15 Å². The van der Waals surface area contributed by atoms with Gasteiger partial charge in [0.05, 0.1) is 10.4 Å². The minimum atomic E-state index is -3.40. The van der Waals surface area contributed by atoms with Crippen LogP contribution in [0.15, 0.2) is 35.2 Å². The Morgan fingerprint density at radius 2 is 2.00 bits per heavy atom. The van der Waals surface area contributed by atoms with Gasteiger partial charge in [-0.15, -0.1) is 0 Å². The number of pyridine rings is 1. The van der Waals surface area contributed by atoms with E-state index < -0.39 is 10.0 Å². The number of hydrogen-bond acceptors (Lipinski definition) is 3. The lowest BCUT2D eigenvalue weighted by Gasteiger charge is -2.16. The van der Waals surface area contributed by atoms with E-state index in [1.54, 1.807) is 37.4 Å². The molecular formula is C13H13ClN2O2S. The molecule has 0 atom stereocenters. The van der Waals surface area contributed by atoms with Crippen molar-refractivity contribution >= 4 is 32.5 Å². The van der Waals surface area contributed by atoms with Gasteiger partial charge in [0, 0.05) is 18.5 Å². The highest BCUT2D eigenvalue weighted by molar-refractivity contribution is 7.89. The van der Waals surface area contributed by atoms with E-state index in [2.05, 4.69) is 4.98 Å². The maximum atomic E-state index is 12.4. The summed E-state index contributed by atoms with van der Waals surface area (Å²) in [6, 6.07) is 8.51. The molecule has 0 spiro atoms. The number of fused-ring (bicyclic) bond motifs is 1. The smallest absolute Gasteiger partial charge is 0.236 e. The van der Waals surface area contributed by atoms with Crippen LogP contribution in [-0.4, -0.2) is 30.8 Å². The van der Waals surface area contributed by atoms with E-state index in [1.807, 2.05) is 0 Å². The molecule has 0 bridgehead atoms. The number of halogens is 1. The van der Waals surface area contributed by atoms with Gasteiger partial charge in [-0.3, -0.25) is 0 Å². The van der Waals surface area contributed by atoms with Gasteiger partial charge in [0.25, 0.3) is 0 Å². The maximum Gasteiger partial charge on any atom is 0.243 e. The van der Waals surface area contributed by atoms with Gasteiger partial charge in [0.1, 0.15) is 5.15 Å². The molecule has 1 fully saturated rings. The van der Waals surface area contributed by atoms with Crippen LogP contribution in [0.1, 0.15) is 12.8 Å². The normalized spacial score (nSPS) is 16.2. The van der Waals surface area contributed by atoms with Crippen LogP contribution in [0, 0.1) is 0 Å². The Bertz CT molecular complexity index is 741. The fourth-order valence-corrected chi connectivity index (χ4v) is 3.65. The van der Waals surface area contributed by atoms with Crippen molar-refractivity contribution in [3.63, 3.8) is 0 Å². The Morgan fingerprint density at radius 1 is 1.26 bits per heavy atom. The molecule has 100 valence electrons. The van der Waals surface area contributed by atoms with Gasteiger partial charge < -0.3 is 0 Å². The van der Waals surface area contributed by atoms with Crippen LogP contribution in [0.3, 0.4) is 0 Å². The Labute approximate surface area is 117 Å². The molecule has 6 heteroatoms. The van der Waals surface area contributed by atoms with E-state index in [0.29, 0.717) is 15.6 Å². The Hall–Kier alpha value is -1.17. The molecule has 0 radical (unpaired) electrons. The Morgan fingerprint density at radius 3 is 2.68 bits per heavy atom. The second-order valence-electron chi connectivity index (χ2n) is 4.74. The molecule has 4 nitrogen and oxygen atoms in total. The molecule has 0 N–H and O–H groups in total. The molecule has 0 saturated heterocycles. The molecule has 0 aliphatic heterocycles. The zero-order valence-corrected chi connectivity index (χ0v) is 11.9. The molecule has 1 aromatic carbocycles. The lowest BCUT2D eigenvalue weighted by Crippen LogP contribution is -2.28. The summed E-state index contributed by atoms with van der Waals surface area (Å²) in [5.41, 5.74) is 0.695. The summed E-state index contributed by atoms with van der Waals surface area (Å²) in [6.07, 6.45) is 1.89. The lowest BCUT2D eigenvalue weighted by atomic mass is 10.2. The number of benzene rings is 1. The van der Waals surface area contributed by atoms with Crippen molar-refractivity contribution in [1.29, 1.82) is 0 Å². The molecule has 1 saturated carbocycles. The zero-order valence-electron chi connectivity index (χ0n) is 10.4. The van der Waals surface area contributed by atoms with E-state index in [4.69, 9.17) is 11.6 Å². The SMILES string of the molecule is CN(C1CC1)S(=O)(=O)c1ccc2nc(Cl)ccc2c1. The van der Waals surface area contributed by atoms with E-state index in [9.17, 15) is 8.42 Å². The zero-order chi connectivity index (χ0) is 13.6. The first-order valence-electron chi connectivity index (χ1n) is 6.03. The van der Waals surface area contributed by atoms with E-state index in [1.165, 1.54) is 4.31 Å². The van der Waals surface area contributed by atoms with Crippen LogP contribution in [0.25, 0.3) is 10.9 Å². The van der Waals surface area contributed by atoms with Crippen LogP contribution < -0.4 is 0 Å². The summed E-state index contributed by atoms with van der Waals surface area (Å²) in [6.45, 7) is 0. The van der Waals surface area contributed by atoms with Crippen LogP contribution in [-0.2, 0) is 10.0 Å². The first-order valence-corrected chi connectivity index (χ1v) is 7.84. The van der Waals surface area contributed by atoms with Crippen molar-refractivity contribution in [3.8, 4) is 0 Å². The average molecular weight is 297 g/mol. The second kappa shape index (κ2) is 4.44. The van der Waals surface area contributed by atoms with Gasteiger partial charge in [-0.25, -0.2) is 13.4 Å². The van der Waals surface area contributed by atoms with Crippen molar-refractivity contribution in [2.75, 3.05) is 7.05 Å². The first-order chi connectivity index (χ1) is 8.98. The predicted octanol–water partition coefficient (Wildman–Crippen LogP) is 2.67. The molecule has 3 rings (SSSR count). The number of sulfonamides is 1. The van der Waals surface area contributed by atoms with Crippen LogP contribution >= 0.6 is 11.6 Å². The van der Waals surface area contributed by atoms with Gasteiger partial charge in [-0.1, -0.05) is 11.6 Å². The summed E-state index contributed by atoms with van der Waals surface area (Å²) in [7, 11) is -1.77. The van der Waals surface area contributed by atoms with Crippen molar-refractivity contribution in [2.24, 2.45) is 0 Å². The number of hydrogen-bond donors (Lipinski definition) is 0. The fourth-order valence-electron chi connectivity index (χ4n) is 2.04. The molecule has 1 aromatic heterocycles. The van der Waals surface area contributed by atoms with Crippen molar-refractivity contribution in [2.45, 2.75) is 23.8 Å². The van der Waals surface area contributed by atoms with Gasteiger partial charge in [0.15, 0.2) is 0 Å². The summed E-state index contributed by atoms with van der Waals surface area (Å²) in [5.74, 6) is 0. The lowest BCUT2D eigenvalue weighted by molar-refractivity contribution is 0.464.